The van der Waals surface area contributed by atoms with Gasteiger partial charge in [0.25, 0.3) is 0 Å². The van der Waals surface area contributed by atoms with Gasteiger partial charge >= 0.3 is 0 Å². The third-order valence-electron chi connectivity index (χ3n) is 3.80. The average molecular weight is 241 g/mol. The van der Waals surface area contributed by atoms with Crippen LogP contribution < -0.4 is 11.1 Å². The van der Waals surface area contributed by atoms with E-state index in [1.807, 2.05) is 13.8 Å². The Morgan fingerprint density at radius 3 is 2.47 bits per heavy atom. The lowest BCUT2D eigenvalue weighted by Gasteiger charge is -2.29. The molecule has 0 aromatic rings. The van der Waals surface area contributed by atoms with E-state index in [0.717, 1.165) is 19.6 Å². The summed E-state index contributed by atoms with van der Waals surface area (Å²) in [5, 5.41) is 3.06. The number of rotatable bonds is 5. The van der Waals surface area contributed by atoms with Gasteiger partial charge in [-0.25, -0.2) is 0 Å². The summed E-state index contributed by atoms with van der Waals surface area (Å²) in [6.45, 7) is 7.64. The van der Waals surface area contributed by atoms with Crippen LogP contribution in [0.3, 0.4) is 0 Å². The molecule has 1 rings (SSSR count). The molecule has 1 unspecified atom stereocenters. The Morgan fingerprint density at radius 2 is 2.00 bits per heavy atom. The van der Waals surface area contributed by atoms with Crippen LogP contribution in [-0.4, -0.2) is 44.0 Å². The lowest BCUT2D eigenvalue weighted by molar-refractivity contribution is -0.126. The second kappa shape index (κ2) is 6.97. The van der Waals surface area contributed by atoms with E-state index < -0.39 is 0 Å². The Balaban J connectivity index is 2.27. The molecule has 1 saturated heterocycles. The fourth-order valence-corrected chi connectivity index (χ4v) is 2.32. The lowest BCUT2D eigenvalue weighted by Crippen LogP contribution is -2.42. The average Bonchev–Trinajstić information content (AvgIpc) is 2.28. The van der Waals surface area contributed by atoms with Gasteiger partial charge in [0.2, 0.25) is 5.91 Å². The molecule has 1 atom stereocenters. The van der Waals surface area contributed by atoms with Gasteiger partial charge in [0.1, 0.15) is 0 Å². The summed E-state index contributed by atoms with van der Waals surface area (Å²) >= 11 is 0. The SMILES string of the molecule is CC(C)C(CN)C(=O)NCC1CCN(C)CC1. The van der Waals surface area contributed by atoms with Crippen LogP contribution in [0.15, 0.2) is 0 Å². The van der Waals surface area contributed by atoms with Crippen LogP contribution in [0, 0.1) is 17.8 Å². The third-order valence-corrected chi connectivity index (χ3v) is 3.80. The largest absolute Gasteiger partial charge is 0.356 e. The smallest absolute Gasteiger partial charge is 0.224 e. The first kappa shape index (κ1) is 14.5. The van der Waals surface area contributed by atoms with Gasteiger partial charge < -0.3 is 16.0 Å². The highest BCUT2D eigenvalue weighted by Gasteiger charge is 2.22. The van der Waals surface area contributed by atoms with Crippen molar-refractivity contribution in [2.75, 3.05) is 33.2 Å². The summed E-state index contributed by atoms with van der Waals surface area (Å²) < 4.78 is 0. The zero-order chi connectivity index (χ0) is 12.8. The molecule has 1 heterocycles. The van der Waals surface area contributed by atoms with Crippen LogP contribution in [0.1, 0.15) is 26.7 Å². The lowest BCUT2D eigenvalue weighted by atomic mass is 9.93. The summed E-state index contributed by atoms with van der Waals surface area (Å²) in [5.41, 5.74) is 5.63. The molecule has 0 aromatic carbocycles. The molecule has 0 aliphatic carbocycles. The van der Waals surface area contributed by atoms with Gasteiger partial charge in [-0.05, 0) is 44.8 Å². The third kappa shape index (κ3) is 4.64. The Kier molecular flexibility index (Phi) is 5.92. The van der Waals surface area contributed by atoms with E-state index in [9.17, 15) is 4.79 Å². The van der Waals surface area contributed by atoms with E-state index >= 15 is 0 Å². The van der Waals surface area contributed by atoms with Gasteiger partial charge in [-0.15, -0.1) is 0 Å². The number of carbonyl (C=O) groups excluding carboxylic acids is 1. The molecule has 1 aliphatic heterocycles. The van der Waals surface area contributed by atoms with Crippen LogP contribution in [-0.2, 0) is 4.79 Å². The first-order valence-corrected chi connectivity index (χ1v) is 6.71. The van der Waals surface area contributed by atoms with Crippen molar-refractivity contribution in [3.05, 3.63) is 0 Å². The molecule has 1 fully saturated rings. The molecule has 0 bridgehead atoms. The maximum atomic E-state index is 11.9. The first-order valence-electron chi connectivity index (χ1n) is 6.71. The van der Waals surface area contributed by atoms with Crippen LogP contribution in [0.2, 0.25) is 0 Å². The molecule has 4 nitrogen and oxygen atoms in total. The molecule has 1 amide bonds. The molecule has 0 saturated carbocycles. The molecule has 17 heavy (non-hydrogen) atoms. The van der Waals surface area contributed by atoms with E-state index in [1.54, 1.807) is 0 Å². The van der Waals surface area contributed by atoms with Gasteiger partial charge in [0.15, 0.2) is 0 Å². The maximum Gasteiger partial charge on any atom is 0.224 e. The van der Waals surface area contributed by atoms with E-state index in [4.69, 9.17) is 5.73 Å². The van der Waals surface area contributed by atoms with Crippen molar-refractivity contribution in [1.29, 1.82) is 0 Å². The van der Waals surface area contributed by atoms with Crippen molar-refractivity contribution >= 4 is 5.91 Å². The number of amides is 1. The Morgan fingerprint density at radius 1 is 1.41 bits per heavy atom. The van der Waals surface area contributed by atoms with Crippen LogP contribution >= 0.6 is 0 Å². The van der Waals surface area contributed by atoms with Gasteiger partial charge in [0, 0.05) is 13.1 Å². The Labute approximate surface area is 105 Å². The number of carbonyl (C=O) groups is 1. The van der Waals surface area contributed by atoms with Gasteiger partial charge in [-0.3, -0.25) is 4.79 Å². The minimum Gasteiger partial charge on any atom is -0.356 e. The minimum absolute atomic E-state index is 0.0405. The van der Waals surface area contributed by atoms with E-state index in [-0.39, 0.29) is 11.8 Å². The molecule has 1 aliphatic rings. The predicted molar refractivity (Wildman–Crippen MR) is 70.6 cm³/mol. The van der Waals surface area contributed by atoms with Crippen molar-refractivity contribution < 1.29 is 4.79 Å². The summed E-state index contributed by atoms with van der Waals surface area (Å²) in [4.78, 5) is 14.3. The number of hydrogen-bond acceptors (Lipinski definition) is 3. The zero-order valence-electron chi connectivity index (χ0n) is 11.4. The normalized spacial score (nSPS) is 20.5. The van der Waals surface area contributed by atoms with Crippen molar-refractivity contribution in [2.45, 2.75) is 26.7 Å². The Bertz CT molecular complexity index is 235. The van der Waals surface area contributed by atoms with Gasteiger partial charge in [-0.2, -0.15) is 0 Å². The number of nitrogens with zero attached hydrogens (tertiary/aromatic N) is 1. The van der Waals surface area contributed by atoms with Crippen LogP contribution in [0.5, 0.6) is 0 Å². The number of likely N-dealkylation sites (tertiary alicyclic amines) is 1. The highest BCUT2D eigenvalue weighted by molar-refractivity contribution is 5.79. The molecule has 3 N–H and O–H groups in total. The van der Waals surface area contributed by atoms with E-state index in [1.165, 1.54) is 12.8 Å². The van der Waals surface area contributed by atoms with Crippen molar-refractivity contribution in [3.63, 3.8) is 0 Å². The monoisotopic (exact) mass is 241 g/mol. The molecule has 0 radical (unpaired) electrons. The van der Waals surface area contributed by atoms with Crippen molar-refractivity contribution in [3.8, 4) is 0 Å². The standard InChI is InChI=1S/C13H27N3O/c1-10(2)12(8-14)13(17)15-9-11-4-6-16(3)7-5-11/h10-12H,4-9,14H2,1-3H3,(H,15,17). The molecular formula is C13H27N3O. The summed E-state index contributed by atoms with van der Waals surface area (Å²) in [5.74, 6) is 1.04. The first-order chi connectivity index (χ1) is 8.04. The molecular weight excluding hydrogens is 214 g/mol. The van der Waals surface area contributed by atoms with Crippen LogP contribution in [0.4, 0.5) is 0 Å². The number of nitrogens with two attached hydrogens (primary N) is 1. The fraction of sp³-hybridized carbons (Fsp3) is 0.923. The molecule has 4 heteroatoms. The minimum atomic E-state index is -0.0405. The predicted octanol–water partition coefficient (Wildman–Crippen LogP) is 0.675. The highest BCUT2D eigenvalue weighted by atomic mass is 16.1. The second-order valence-corrected chi connectivity index (χ2v) is 5.58. The van der Waals surface area contributed by atoms with E-state index in [0.29, 0.717) is 18.4 Å². The quantitative estimate of drug-likeness (QED) is 0.744. The Hall–Kier alpha value is -0.610. The van der Waals surface area contributed by atoms with Crippen molar-refractivity contribution in [2.24, 2.45) is 23.5 Å². The van der Waals surface area contributed by atoms with Gasteiger partial charge in [-0.1, -0.05) is 13.8 Å². The summed E-state index contributed by atoms with van der Waals surface area (Å²) in [6.07, 6.45) is 2.37. The van der Waals surface area contributed by atoms with Gasteiger partial charge in [0.05, 0.1) is 5.92 Å². The number of hydrogen-bond donors (Lipinski definition) is 2. The van der Waals surface area contributed by atoms with Crippen LogP contribution in [0.25, 0.3) is 0 Å². The highest BCUT2D eigenvalue weighted by Crippen LogP contribution is 2.15. The molecule has 100 valence electrons. The molecule has 0 aromatic heterocycles. The van der Waals surface area contributed by atoms with Crippen molar-refractivity contribution in [1.82, 2.24) is 10.2 Å². The number of nitrogens with one attached hydrogen (secondary N) is 1. The molecule has 0 spiro atoms. The maximum absolute atomic E-state index is 11.9. The zero-order valence-corrected chi connectivity index (χ0v) is 11.4. The van der Waals surface area contributed by atoms with E-state index in [2.05, 4.69) is 17.3 Å². The fourth-order valence-electron chi connectivity index (χ4n) is 2.32. The topological polar surface area (TPSA) is 58.4 Å². The number of piperidine rings is 1. The second-order valence-electron chi connectivity index (χ2n) is 5.58. The summed E-state index contributed by atoms with van der Waals surface area (Å²) in [7, 11) is 2.15. The summed E-state index contributed by atoms with van der Waals surface area (Å²) in [6, 6.07) is 0.